The van der Waals surface area contributed by atoms with E-state index in [1.165, 1.54) is 0 Å². The summed E-state index contributed by atoms with van der Waals surface area (Å²) >= 11 is 0. The number of phosphoric ester groups is 1. The lowest BCUT2D eigenvalue weighted by Crippen LogP contribution is -2.53. The molecule has 0 aliphatic carbocycles. The maximum Gasteiger partial charge on any atom is 0.475 e. The molecule has 18 heavy (non-hydrogen) atoms. The molecule has 6 nitrogen and oxygen atoms in total. The third-order valence-corrected chi connectivity index (χ3v) is 4.11. The van der Waals surface area contributed by atoms with Crippen molar-refractivity contribution < 1.29 is 27.7 Å². The minimum absolute atomic E-state index is 0.0306. The van der Waals surface area contributed by atoms with Crippen LogP contribution < -0.4 is 0 Å². The average Bonchev–Trinajstić information content (AvgIpc) is 2.42. The minimum Gasteiger partial charge on any atom is -0.448 e. The molecule has 3 saturated heterocycles. The predicted molar refractivity (Wildman–Crippen MR) is 60.1 cm³/mol. The van der Waals surface area contributed by atoms with Gasteiger partial charge < -0.3 is 4.74 Å². The second kappa shape index (κ2) is 4.17. The molecule has 0 saturated carbocycles. The lowest BCUT2D eigenvalue weighted by Gasteiger charge is -2.43. The van der Waals surface area contributed by atoms with Crippen molar-refractivity contribution in [1.82, 2.24) is 0 Å². The first-order valence-electron chi connectivity index (χ1n) is 5.43. The summed E-state index contributed by atoms with van der Waals surface area (Å²) in [6.07, 6.45) is 0. The van der Waals surface area contributed by atoms with E-state index in [9.17, 15) is 9.36 Å². The predicted octanol–water partition coefficient (Wildman–Crippen LogP) is 1.77. The molecule has 3 fully saturated rings. The van der Waals surface area contributed by atoms with E-state index in [-0.39, 0.29) is 19.8 Å². The Bertz CT molecular complexity index is 482. The van der Waals surface area contributed by atoms with E-state index in [4.69, 9.17) is 18.3 Å². The summed E-state index contributed by atoms with van der Waals surface area (Å²) in [5.41, 5.74) is -0.565. The number of carbonyl (C=O) groups excluding carboxylic acids is 1. The molecular formula is C11H11O6P. The Labute approximate surface area is 103 Å². The highest BCUT2D eigenvalue weighted by Gasteiger charge is 2.53. The maximum atomic E-state index is 11.9. The van der Waals surface area contributed by atoms with E-state index < -0.39 is 19.4 Å². The number of hydrogen-bond donors (Lipinski definition) is 0. The number of carbonyl (C=O) groups is 1. The van der Waals surface area contributed by atoms with Crippen LogP contribution >= 0.6 is 7.82 Å². The van der Waals surface area contributed by atoms with Crippen LogP contribution in [0.15, 0.2) is 30.3 Å². The van der Waals surface area contributed by atoms with Gasteiger partial charge in [0.05, 0.1) is 5.56 Å². The molecule has 0 atom stereocenters. The van der Waals surface area contributed by atoms with Crippen molar-refractivity contribution in [1.29, 1.82) is 0 Å². The number of rotatable bonds is 2. The molecule has 96 valence electrons. The van der Waals surface area contributed by atoms with E-state index in [1.807, 2.05) is 6.07 Å². The van der Waals surface area contributed by atoms with Gasteiger partial charge in [0.2, 0.25) is 0 Å². The molecule has 3 aliphatic heterocycles. The summed E-state index contributed by atoms with van der Waals surface area (Å²) in [5.74, 6) is -0.481. The van der Waals surface area contributed by atoms with Gasteiger partial charge in [0, 0.05) is 0 Å². The van der Waals surface area contributed by atoms with Gasteiger partial charge >= 0.3 is 13.8 Å². The third kappa shape index (κ3) is 2.08. The van der Waals surface area contributed by atoms with Crippen molar-refractivity contribution in [3.05, 3.63) is 35.9 Å². The van der Waals surface area contributed by atoms with Crippen LogP contribution in [0, 0.1) is 0 Å². The van der Waals surface area contributed by atoms with Crippen LogP contribution in [0.3, 0.4) is 0 Å². The molecule has 4 rings (SSSR count). The van der Waals surface area contributed by atoms with Crippen LogP contribution in [-0.4, -0.2) is 31.4 Å². The third-order valence-electron chi connectivity index (χ3n) is 2.78. The Morgan fingerprint density at radius 3 is 2.22 bits per heavy atom. The van der Waals surface area contributed by atoms with Gasteiger partial charge in [0.15, 0.2) is 5.60 Å². The molecule has 2 bridgehead atoms. The molecule has 0 N–H and O–H groups in total. The average molecular weight is 270 g/mol. The van der Waals surface area contributed by atoms with E-state index in [2.05, 4.69) is 0 Å². The van der Waals surface area contributed by atoms with Gasteiger partial charge in [-0.2, -0.15) is 0 Å². The molecule has 1 aromatic carbocycles. The fraction of sp³-hybridized carbons (Fsp3) is 0.364. The number of hydrogen-bond acceptors (Lipinski definition) is 6. The molecule has 3 aliphatic rings. The van der Waals surface area contributed by atoms with Gasteiger partial charge in [-0.1, -0.05) is 18.2 Å². The normalized spacial score (nSPS) is 34.2. The molecule has 0 unspecified atom stereocenters. The zero-order valence-corrected chi connectivity index (χ0v) is 10.3. The lowest BCUT2D eigenvalue weighted by atomic mass is 10.1. The zero-order chi connectivity index (χ0) is 12.6. The lowest BCUT2D eigenvalue weighted by molar-refractivity contribution is -0.156. The number of ether oxygens (including phenoxy) is 1. The second-order valence-electron chi connectivity index (χ2n) is 4.21. The van der Waals surface area contributed by atoms with Gasteiger partial charge in [-0.25, -0.2) is 9.36 Å². The highest BCUT2D eigenvalue weighted by Crippen LogP contribution is 2.58. The fourth-order valence-electron chi connectivity index (χ4n) is 1.75. The summed E-state index contributed by atoms with van der Waals surface area (Å²) in [5, 5.41) is 0. The molecular weight excluding hydrogens is 259 g/mol. The monoisotopic (exact) mass is 270 g/mol. The van der Waals surface area contributed by atoms with Gasteiger partial charge in [0.1, 0.15) is 19.8 Å². The van der Waals surface area contributed by atoms with E-state index in [0.29, 0.717) is 5.56 Å². The fourth-order valence-corrected chi connectivity index (χ4v) is 3.15. The molecule has 1 aromatic rings. The molecule has 0 aromatic heterocycles. The van der Waals surface area contributed by atoms with Crippen molar-refractivity contribution in [2.75, 3.05) is 19.8 Å². The Hall–Kier alpha value is -1.20. The number of benzene rings is 1. The van der Waals surface area contributed by atoms with Crippen molar-refractivity contribution in [2.45, 2.75) is 5.60 Å². The Morgan fingerprint density at radius 2 is 1.67 bits per heavy atom. The summed E-state index contributed by atoms with van der Waals surface area (Å²) in [7, 11) is -3.38. The highest BCUT2D eigenvalue weighted by atomic mass is 31.2. The second-order valence-corrected chi connectivity index (χ2v) is 5.88. The first kappa shape index (κ1) is 11.9. The first-order chi connectivity index (χ1) is 8.61. The Kier molecular flexibility index (Phi) is 2.75. The number of phosphoric acid groups is 1. The van der Waals surface area contributed by atoms with Crippen LogP contribution in [0.5, 0.6) is 0 Å². The van der Waals surface area contributed by atoms with Crippen molar-refractivity contribution in [2.24, 2.45) is 0 Å². The zero-order valence-electron chi connectivity index (χ0n) is 9.40. The summed E-state index contributed by atoms with van der Waals surface area (Å²) in [6.45, 7) is 0.0918. The SMILES string of the molecule is O=C(OC12COP(=O)(OC1)OC2)c1ccccc1. The van der Waals surface area contributed by atoms with Crippen LogP contribution in [-0.2, 0) is 22.9 Å². The molecule has 0 radical (unpaired) electrons. The maximum absolute atomic E-state index is 11.9. The minimum atomic E-state index is -3.38. The molecule has 0 amide bonds. The number of esters is 1. The van der Waals surface area contributed by atoms with Crippen molar-refractivity contribution in [3.8, 4) is 0 Å². The van der Waals surface area contributed by atoms with E-state index in [0.717, 1.165) is 0 Å². The Morgan fingerprint density at radius 1 is 1.11 bits per heavy atom. The van der Waals surface area contributed by atoms with Crippen molar-refractivity contribution >= 4 is 13.8 Å². The van der Waals surface area contributed by atoms with Crippen LogP contribution in [0.1, 0.15) is 10.4 Å². The van der Waals surface area contributed by atoms with Crippen LogP contribution in [0.25, 0.3) is 0 Å². The van der Waals surface area contributed by atoms with Gasteiger partial charge in [-0.15, -0.1) is 0 Å². The molecule has 3 heterocycles. The van der Waals surface area contributed by atoms with Gasteiger partial charge in [-0.05, 0) is 12.1 Å². The summed E-state index contributed by atoms with van der Waals surface area (Å²) < 4.78 is 31.7. The highest BCUT2D eigenvalue weighted by molar-refractivity contribution is 7.48. The topological polar surface area (TPSA) is 71.1 Å². The molecule has 0 spiro atoms. The largest absolute Gasteiger partial charge is 0.475 e. The van der Waals surface area contributed by atoms with Gasteiger partial charge in [-0.3, -0.25) is 13.6 Å². The van der Waals surface area contributed by atoms with E-state index in [1.54, 1.807) is 24.3 Å². The first-order valence-corrected chi connectivity index (χ1v) is 6.89. The molecule has 7 heteroatoms. The standard InChI is InChI=1S/C11H11O6P/c12-10(9-4-2-1-3-5-9)17-11-6-14-18(13,15-7-11)16-8-11/h1-5H,6-8H2. The number of fused-ring (bicyclic) bond motifs is 3. The van der Waals surface area contributed by atoms with Crippen LogP contribution in [0.4, 0.5) is 0 Å². The smallest absolute Gasteiger partial charge is 0.448 e. The van der Waals surface area contributed by atoms with Gasteiger partial charge in [0.25, 0.3) is 0 Å². The Balaban J connectivity index is 1.74. The van der Waals surface area contributed by atoms with Crippen molar-refractivity contribution in [3.63, 3.8) is 0 Å². The summed E-state index contributed by atoms with van der Waals surface area (Å²) in [4.78, 5) is 11.9. The van der Waals surface area contributed by atoms with E-state index >= 15 is 0 Å². The van der Waals surface area contributed by atoms with Crippen LogP contribution in [0.2, 0.25) is 0 Å². The quantitative estimate of drug-likeness (QED) is 0.602. The summed E-state index contributed by atoms with van der Waals surface area (Å²) in [6, 6.07) is 8.60.